The van der Waals surface area contributed by atoms with E-state index in [4.69, 9.17) is 9.15 Å². The highest BCUT2D eigenvalue weighted by atomic mass is 127. The Balaban J connectivity index is 0.00000256. The summed E-state index contributed by atoms with van der Waals surface area (Å²) in [5.74, 6) is 1.41. The Morgan fingerprint density at radius 1 is 1.20 bits per heavy atom. The van der Waals surface area contributed by atoms with Gasteiger partial charge in [-0.25, -0.2) is 4.98 Å². The highest BCUT2D eigenvalue weighted by Crippen LogP contribution is 2.25. The number of morpholine rings is 1. The maximum Gasteiger partial charge on any atom is 0.236 e. The fourth-order valence-corrected chi connectivity index (χ4v) is 4.79. The third-order valence-corrected chi connectivity index (χ3v) is 6.60. The van der Waals surface area contributed by atoms with E-state index in [1.54, 1.807) is 36.0 Å². The third kappa shape index (κ3) is 6.03. The second-order valence-corrected chi connectivity index (χ2v) is 8.53. The van der Waals surface area contributed by atoms with Crippen molar-refractivity contribution in [3.63, 3.8) is 0 Å². The molecule has 162 valence electrons. The summed E-state index contributed by atoms with van der Waals surface area (Å²) in [5.41, 5.74) is 0.847. The van der Waals surface area contributed by atoms with Crippen molar-refractivity contribution in [2.75, 3.05) is 39.9 Å². The van der Waals surface area contributed by atoms with E-state index in [1.165, 1.54) is 4.88 Å². The van der Waals surface area contributed by atoms with Crippen LogP contribution in [0.2, 0.25) is 0 Å². The molecule has 0 spiro atoms. The Bertz CT molecular complexity index is 892. The van der Waals surface area contributed by atoms with Crippen molar-refractivity contribution < 1.29 is 9.15 Å². The molecule has 0 amide bonds. The lowest BCUT2D eigenvalue weighted by molar-refractivity contribution is 0.0177. The Morgan fingerprint density at radius 3 is 2.70 bits per heavy atom. The van der Waals surface area contributed by atoms with Crippen LogP contribution in [0.3, 0.4) is 0 Å². The average Bonchev–Trinajstić information content (AvgIpc) is 3.53. The number of thiophene rings is 2. The lowest BCUT2D eigenvalue weighted by atomic mass is 10.2. The maximum atomic E-state index is 5.58. The van der Waals surface area contributed by atoms with Gasteiger partial charge in [0, 0.05) is 31.6 Å². The molecule has 7 nitrogen and oxygen atoms in total. The molecule has 1 unspecified atom stereocenters. The maximum absolute atomic E-state index is 5.58. The van der Waals surface area contributed by atoms with Gasteiger partial charge in [0.05, 0.1) is 36.4 Å². The normalized spacial score (nSPS) is 16.1. The molecule has 0 aliphatic carbocycles. The van der Waals surface area contributed by atoms with E-state index in [2.05, 4.69) is 43.0 Å². The topological polar surface area (TPSA) is 74.9 Å². The van der Waals surface area contributed by atoms with Gasteiger partial charge in [-0.05, 0) is 22.9 Å². The lowest BCUT2D eigenvalue weighted by Gasteiger charge is -2.34. The second kappa shape index (κ2) is 11.8. The Kier molecular flexibility index (Phi) is 9.12. The van der Waals surface area contributed by atoms with Crippen molar-refractivity contribution in [2.24, 2.45) is 4.99 Å². The molecule has 2 N–H and O–H groups in total. The summed E-state index contributed by atoms with van der Waals surface area (Å²) < 4.78 is 11.1. The van der Waals surface area contributed by atoms with E-state index in [1.807, 2.05) is 17.5 Å². The summed E-state index contributed by atoms with van der Waals surface area (Å²) >= 11 is 3.41. The standard InChI is InChI=1S/C20H25N5O2S2.HI/c1-21-20(22-12-15-14-27-19(24-15)18-5-3-11-29-18)23-13-16(17-4-2-10-28-17)25-6-8-26-9-7-25;/h2-5,10-11,14,16H,6-9,12-13H2,1H3,(H2,21,22,23);1H. The van der Waals surface area contributed by atoms with Crippen molar-refractivity contribution in [3.8, 4) is 10.8 Å². The fourth-order valence-electron chi connectivity index (χ4n) is 3.27. The first kappa shape index (κ1) is 23.2. The van der Waals surface area contributed by atoms with E-state index in [0.717, 1.165) is 49.4 Å². The van der Waals surface area contributed by atoms with Gasteiger partial charge < -0.3 is 19.8 Å². The molecular formula is C20H26IN5O2S2. The Hall–Kier alpha value is -1.47. The van der Waals surface area contributed by atoms with Crippen molar-refractivity contribution >= 4 is 52.6 Å². The zero-order chi connectivity index (χ0) is 19.9. The first-order chi connectivity index (χ1) is 14.3. The minimum absolute atomic E-state index is 0. The minimum Gasteiger partial charge on any atom is -0.443 e. The van der Waals surface area contributed by atoms with E-state index >= 15 is 0 Å². The number of nitrogens with zero attached hydrogens (tertiary/aromatic N) is 3. The predicted molar refractivity (Wildman–Crippen MR) is 133 cm³/mol. The summed E-state index contributed by atoms with van der Waals surface area (Å²) in [6.07, 6.45) is 1.69. The number of rotatable bonds is 7. The molecule has 10 heteroatoms. The number of hydrogen-bond acceptors (Lipinski definition) is 7. The largest absolute Gasteiger partial charge is 0.443 e. The lowest BCUT2D eigenvalue weighted by Crippen LogP contribution is -2.46. The molecule has 1 saturated heterocycles. The van der Waals surface area contributed by atoms with Crippen molar-refractivity contribution in [3.05, 3.63) is 51.9 Å². The summed E-state index contributed by atoms with van der Waals surface area (Å²) in [6.45, 7) is 4.79. The average molecular weight is 559 g/mol. The fraction of sp³-hybridized carbons (Fsp3) is 0.400. The molecule has 1 aliphatic heterocycles. The van der Waals surface area contributed by atoms with Gasteiger partial charge in [-0.2, -0.15) is 0 Å². The molecule has 4 rings (SSSR count). The highest BCUT2D eigenvalue weighted by Gasteiger charge is 2.23. The van der Waals surface area contributed by atoms with Crippen LogP contribution in [-0.4, -0.2) is 55.7 Å². The van der Waals surface area contributed by atoms with Crippen LogP contribution in [0.1, 0.15) is 16.6 Å². The van der Waals surface area contributed by atoms with Crippen LogP contribution >= 0.6 is 46.7 Å². The zero-order valence-corrected chi connectivity index (χ0v) is 20.7. The predicted octanol–water partition coefficient (Wildman–Crippen LogP) is 3.82. The van der Waals surface area contributed by atoms with Gasteiger partial charge in [0.25, 0.3) is 0 Å². The molecule has 0 bridgehead atoms. The van der Waals surface area contributed by atoms with Crippen LogP contribution in [0.15, 0.2) is 50.7 Å². The molecule has 1 aliphatic rings. The van der Waals surface area contributed by atoms with Gasteiger partial charge in [-0.1, -0.05) is 12.1 Å². The Morgan fingerprint density at radius 2 is 2.00 bits per heavy atom. The molecular weight excluding hydrogens is 533 g/mol. The first-order valence-corrected chi connectivity index (χ1v) is 11.4. The third-order valence-electron chi connectivity index (χ3n) is 4.77. The summed E-state index contributed by atoms with van der Waals surface area (Å²) in [7, 11) is 1.78. The minimum atomic E-state index is 0. The molecule has 0 aromatic carbocycles. The van der Waals surface area contributed by atoms with Crippen LogP contribution in [0.25, 0.3) is 10.8 Å². The summed E-state index contributed by atoms with van der Waals surface area (Å²) in [6, 6.07) is 8.60. The molecule has 0 radical (unpaired) electrons. The quantitative estimate of drug-likeness (QED) is 0.261. The summed E-state index contributed by atoms with van der Waals surface area (Å²) in [5, 5.41) is 10.9. The van der Waals surface area contributed by atoms with E-state index in [0.29, 0.717) is 18.5 Å². The van der Waals surface area contributed by atoms with Gasteiger partial charge >= 0.3 is 0 Å². The van der Waals surface area contributed by atoms with E-state index in [9.17, 15) is 0 Å². The number of aromatic nitrogens is 1. The monoisotopic (exact) mass is 559 g/mol. The van der Waals surface area contributed by atoms with Crippen LogP contribution in [-0.2, 0) is 11.3 Å². The molecule has 3 aromatic heterocycles. The van der Waals surface area contributed by atoms with Gasteiger partial charge in [0.1, 0.15) is 6.26 Å². The number of oxazole rings is 1. The summed E-state index contributed by atoms with van der Waals surface area (Å²) in [4.78, 5) is 13.8. The highest BCUT2D eigenvalue weighted by molar-refractivity contribution is 14.0. The Labute approximate surface area is 201 Å². The number of aliphatic imine (C=N–C) groups is 1. The number of ether oxygens (including phenoxy) is 1. The van der Waals surface area contributed by atoms with E-state index < -0.39 is 0 Å². The molecule has 1 fully saturated rings. The number of halogens is 1. The van der Waals surface area contributed by atoms with Crippen molar-refractivity contribution in [2.45, 2.75) is 12.6 Å². The molecule has 3 aromatic rings. The molecule has 0 saturated carbocycles. The van der Waals surface area contributed by atoms with Gasteiger partial charge in [-0.3, -0.25) is 9.89 Å². The second-order valence-electron chi connectivity index (χ2n) is 6.61. The van der Waals surface area contributed by atoms with Crippen LogP contribution < -0.4 is 10.6 Å². The molecule has 30 heavy (non-hydrogen) atoms. The van der Waals surface area contributed by atoms with E-state index in [-0.39, 0.29) is 24.0 Å². The van der Waals surface area contributed by atoms with Crippen LogP contribution in [0, 0.1) is 0 Å². The zero-order valence-electron chi connectivity index (χ0n) is 16.7. The van der Waals surface area contributed by atoms with Gasteiger partial charge in [-0.15, -0.1) is 46.7 Å². The number of hydrogen-bond donors (Lipinski definition) is 2. The van der Waals surface area contributed by atoms with Crippen LogP contribution in [0.4, 0.5) is 0 Å². The molecule has 4 heterocycles. The van der Waals surface area contributed by atoms with Crippen molar-refractivity contribution in [1.82, 2.24) is 20.5 Å². The first-order valence-electron chi connectivity index (χ1n) is 9.61. The van der Waals surface area contributed by atoms with Crippen LogP contribution in [0.5, 0.6) is 0 Å². The molecule has 1 atom stereocenters. The van der Waals surface area contributed by atoms with Crippen molar-refractivity contribution in [1.29, 1.82) is 0 Å². The number of nitrogens with one attached hydrogen (secondary N) is 2. The van der Waals surface area contributed by atoms with Gasteiger partial charge in [0.2, 0.25) is 5.89 Å². The smallest absolute Gasteiger partial charge is 0.236 e. The van der Waals surface area contributed by atoms with Gasteiger partial charge in [0.15, 0.2) is 5.96 Å². The SMILES string of the molecule is CN=C(NCc1coc(-c2cccs2)n1)NCC(c1cccs1)N1CCOCC1.I. The number of guanidine groups is 1.